The Balaban J connectivity index is 1.91. The Kier molecular flexibility index (Phi) is 4.55. The number of aliphatic carboxylic acids is 1. The second-order valence-electron chi connectivity index (χ2n) is 5.26. The molecule has 0 saturated carbocycles. The molecule has 1 aliphatic heterocycles. The van der Waals surface area contributed by atoms with Crippen LogP contribution in [-0.2, 0) is 9.59 Å². The van der Waals surface area contributed by atoms with Gasteiger partial charge in [-0.1, -0.05) is 12.2 Å². The van der Waals surface area contributed by atoms with Gasteiger partial charge >= 0.3 is 5.97 Å². The second kappa shape index (κ2) is 6.16. The maximum atomic E-state index is 12.2. The number of hydrazine groups is 1. The average Bonchev–Trinajstić information content (AvgIpc) is 2.41. The van der Waals surface area contributed by atoms with Crippen LogP contribution in [0.3, 0.4) is 0 Å². The lowest BCUT2D eigenvalue weighted by molar-refractivity contribution is -0.148. The normalized spacial score (nSPS) is 29.1. The van der Waals surface area contributed by atoms with Gasteiger partial charge in [-0.3, -0.25) is 15.0 Å². The molecule has 2 atom stereocenters. The number of allylic oxidation sites excluding steroid dienone is 2. The second-order valence-corrected chi connectivity index (χ2v) is 5.26. The molecule has 19 heavy (non-hydrogen) atoms. The third-order valence-electron chi connectivity index (χ3n) is 3.86. The fourth-order valence-corrected chi connectivity index (χ4v) is 2.53. The lowest BCUT2D eigenvalue weighted by atomic mass is 9.82. The first kappa shape index (κ1) is 14.0. The van der Waals surface area contributed by atoms with E-state index in [2.05, 4.69) is 10.3 Å². The van der Waals surface area contributed by atoms with E-state index in [9.17, 15) is 9.59 Å². The van der Waals surface area contributed by atoms with Crippen LogP contribution in [0, 0.1) is 11.8 Å². The molecule has 0 unspecified atom stereocenters. The molecule has 0 aromatic carbocycles. The number of carbonyl (C=O) groups is 2. The zero-order chi connectivity index (χ0) is 13.8. The van der Waals surface area contributed by atoms with Gasteiger partial charge in [0.05, 0.1) is 11.8 Å². The van der Waals surface area contributed by atoms with Crippen LogP contribution in [0.2, 0.25) is 0 Å². The summed E-state index contributed by atoms with van der Waals surface area (Å²) in [6.45, 7) is 3.38. The molecule has 2 N–H and O–H groups in total. The lowest BCUT2D eigenvalue weighted by Crippen LogP contribution is -2.54. The number of piperazine rings is 1. The quantitative estimate of drug-likeness (QED) is 0.700. The number of carboxylic acid groups (broad SMARTS) is 1. The van der Waals surface area contributed by atoms with Gasteiger partial charge < -0.3 is 10.0 Å². The molecule has 0 bridgehead atoms. The Morgan fingerprint density at radius 1 is 1.11 bits per heavy atom. The highest BCUT2D eigenvalue weighted by molar-refractivity contribution is 5.85. The van der Waals surface area contributed by atoms with Crippen molar-refractivity contribution in [1.29, 1.82) is 0 Å². The number of hydrogen-bond donors (Lipinski definition) is 2. The maximum absolute atomic E-state index is 12.2. The van der Waals surface area contributed by atoms with Crippen molar-refractivity contribution < 1.29 is 14.7 Å². The van der Waals surface area contributed by atoms with Crippen molar-refractivity contribution in [2.75, 3.05) is 33.2 Å². The molecule has 0 spiro atoms. The maximum Gasteiger partial charge on any atom is 0.307 e. The van der Waals surface area contributed by atoms with Crippen molar-refractivity contribution in [2.45, 2.75) is 12.8 Å². The number of nitrogens with zero attached hydrogens (tertiary/aromatic N) is 2. The van der Waals surface area contributed by atoms with Crippen molar-refractivity contribution in [2.24, 2.45) is 11.8 Å². The molecule has 1 saturated heterocycles. The van der Waals surface area contributed by atoms with Gasteiger partial charge in [-0.25, -0.2) is 5.01 Å². The number of amides is 1. The highest BCUT2D eigenvalue weighted by Gasteiger charge is 2.34. The standard InChI is InChI=1S/C13H21N3O3/c1-15-6-8-16(9-7-15)14-12(17)10-4-2-3-5-11(10)13(18)19/h2-3,10-11H,4-9H2,1H3,(H,14,17)(H,18,19)/t10-,11+/m0/s1. The Hall–Kier alpha value is -1.40. The zero-order valence-corrected chi connectivity index (χ0v) is 11.2. The van der Waals surface area contributed by atoms with Crippen molar-refractivity contribution in [3.8, 4) is 0 Å². The SMILES string of the molecule is CN1CCN(NC(=O)[C@H]2CC=CC[C@H]2C(=O)O)CC1. The van der Waals surface area contributed by atoms with Gasteiger partial charge in [-0.15, -0.1) is 0 Å². The third-order valence-corrected chi connectivity index (χ3v) is 3.86. The fourth-order valence-electron chi connectivity index (χ4n) is 2.53. The number of carboxylic acids is 1. The summed E-state index contributed by atoms with van der Waals surface area (Å²) in [6, 6.07) is 0. The van der Waals surface area contributed by atoms with Gasteiger partial charge in [-0.2, -0.15) is 0 Å². The van der Waals surface area contributed by atoms with E-state index < -0.39 is 17.8 Å². The van der Waals surface area contributed by atoms with E-state index in [4.69, 9.17) is 5.11 Å². The van der Waals surface area contributed by atoms with Gasteiger partial charge in [0.15, 0.2) is 0 Å². The topological polar surface area (TPSA) is 72.9 Å². The summed E-state index contributed by atoms with van der Waals surface area (Å²) in [7, 11) is 2.05. The monoisotopic (exact) mass is 267 g/mol. The number of rotatable bonds is 3. The first-order chi connectivity index (χ1) is 9.08. The Morgan fingerprint density at radius 3 is 2.26 bits per heavy atom. The van der Waals surface area contributed by atoms with E-state index in [-0.39, 0.29) is 5.91 Å². The van der Waals surface area contributed by atoms with Crippen LogP contribution in [0.25, 0.3) is 0 Å². The molecule has 0 aromatic rings. The summed E-state index contributed by atoms with van der Waals surface area (Å²) in [6.07, 6.45) is 4.69. The van der Waals surface area contributed by atoms with Gasteiger partial charge in [0.25, 0.3) is 0 Å². The Labute approximate surface area is 113 Å². The highest BCUT2D eigenvalue weighted by atomic mass is 16.4. The van der Waals surface area contributed by atoms with Crippen LogP contribution < -0.4 is 5.43 Å². The van der Waals surface area contributed by atoms with Crippen LogP contribution in [0.4, 0.5) is 0 Å². The van der Waals surface area contributed by atoms with Crippen LogP contribution in [-0.4, -0.2) is 60.1 Å². The van der Waals surface area contributed by atoms with Crippen LogP contribution >= 0.6 is 0 Å². The molecule has 106 valence electrons. The molecule has 6 heteroatoms. The van der Waals surface area contributed by atoms with Crippen molar-refractivity contribution in [3.63, 3.8) is 0 Å². The van der Waals surface area contributed by atoms with E-state index in [0.717, 1.165) is 26.2 Å². The van der Waals surface area contributed by atoms with Gasteiger partial charge in [0.1, 0.15) is 0 Å². The molecule has 0 aromatic heterocycles. The minimum atomic E-state index is -0.886. The molecule has 6 nitrogen and oxygen atoms in total. The first-order valence-corrected chi connectivity index (χ1v) is 6.69. The predicted molar refractivity (Wildman–Crippen MR) is 70.2 cm³/mol. The van der Waals surface area contributed by atoms with E-state index in [1.54, 1.807) is 0 Å². The minimum absolute atomic E-state index is 0.165. The lowest BCUT2D eigenvalue weighted by Gasteiger charge is -2.34. The van der Waals surface area contributed by atoms with Crippen LogP contribution in [0.5, 0.6) is 0 Å². The van der Waals surface area contributed by atoms with E-state index in [0.29, 0.717) is 12.8 Å². The molecular formula is C13H21N3O3. The van der Waals surface area contributed by atoms with Crippen molar-refractivity contribution in [3.05, 3.63) is 12.2 Å². The first-order valence-electron chi connectivity index (χ1n) is 6.69. The molecule has 1 aliphatic carbocycles. The van der Waals surface area contributed by atoms with E-state index in [1.165, 1.54) is 0 Å². The predicted octanol–water partition coefficient (Wildman–Crippen LogP) is -0.0680. The molecule has 0 radical (unpaired) electrons. The summed E-state index contributed by atoms with van der Waals surface area (Å²) in [5.41, 5.74) is 2.86. The number of hydrogen-bond acceptors (Lipinski definition) is 4. The average molecular weight is 267 g/mol. The molecule has 1 heterocycles. The number of carbonyl (C=O) groups excluding carboxylic acids is 1. The number of likely N-dealkylation sites (N-methyl/N-ethyl adjacent to an activating group) is 1. The molecule has 1 fully saturated rings. The van der Waals surface area contributed by atoms with Gasteiger partial charge in [0.2, 0.25) is 5.91 Å². The smallest absolute Gasteiger partial charge is 0.307 e. The fraction of sp³-hybridized carbons (Fsp3) is 0.692. The minimum Gasteiger partial charge on any atom is -0.481 e. The third kappa shape index (κ3) is 3.54. The zero-order valence-electron chi connectivity index (χ0n) is 11.2. The number of nitrogens with one attached hydrogen (secondary N) is 1. The largest absolute Gasteiger partial charge is 0.481 e. The van der Waals surface area contributed by atoms with Crippen molar-refractivity contribution in [1.82, 2.24) is 15.3 Å². The summed E-state index contributed by atoms with van der Waals surface area (Å²) < 4.78 is 0. The molecule has 2 aliphatic rings. The molecular weight excluding hydrogens is 246 g/mol. The highest BCUT2D eigenvalue weighted by Crippen LogP contribution is 2.26. The molecule has 2 rings (SSSR count). The Morgan fingerprint density at radius 2 is 1.68 bits per heavy atom. The van der Waals surface area contributed by atoms with Crippen molar-refractivity contribution >= 4 is 11.9 Å². The van der Waals surface area contributed by atoms with Gasteiger partial charge in [-0.05, 0) is 19.9 Å². The Bertz CT molecular complexity index is 375. The van der Waals surface area contributed by atoms with E-state index >= 15 is 0 Å². The summed E-state index contributed by atoms with van der Waals surface area (Å²) >= 11 is 0. The summed E-state index contributed by atoms with van der Waals surface area (Å²) in [4.78, 5) is 25.6. The van der Waals surface area contributed by atoms with Crippen LogP contribution in [0.1, 0.15) is 12.8 Å². The summed E-state index contributed by atoms with van der Waals surface area (Å²) in [5, 5.41) is 11.1. The van der Waals surface area contributed by atoms with Crippen LogP contribution in [0.15, 0.2) is 12.2 Å². The summed E-state index contributed by atoms with van der Waals surface area (Å²) in [5.74, 6) is -2.11. The van der Waals surface area contributed by atoms with Gasteiger partial charge in [0, 0.05) is 26.2 Å². The molecule has 1 amide bonds. The van der Waals surface area contributed by atoms with E-state index in [1.807, 2.05) is 24.2 Å².